The lowest BCUT2D eigenvalue weighted by molar-refractivity contribution is -0.128. The molecule has 2 saturated carbocycles. The zero-order valence-corrected chi connectivity index (χ0v) is 15.4. The quantitative estimate of drug-likeness (QED) is 0.433. The van der Waals surface area contributed by atoms with Crippen molar-refractivity contribution in [3.8, 4) is 0 Å². The van der Waals surface area contributed by atoms with Crippen molar-refractivity contribution >= 4 is 6.47 Å². The molecule has 2 N–H and O–H groups in total. The third-order valence-electron chi connectivity index (χ3n) is 8.32. The van der Waals surface area contributed by atoms with Gasteiger partial charge in [0.1, 0.15) is 12.2 Å². The van der Waals surface area contributed by atoms with Crippen LogP contribution >= 0.6 is 0 Å². The molecule has 0 aromatic carbocycles. The summed E-state index contributed by atoms with van der Waals surface area (Å²) >= 11 is 0. The van der Waals surface area contributed by atoms with Crippen LogP contribution in [0.15, 0.2) is 11.6 Å². The van der Waals surface area contributed by atoms with Gasteiger partial charge in [-0.05, 0) is 49.0 Å². The summed E-state index contributed by atoms with van der Waals surface area (Å²) in [6, 6.07) is 0. The molecule has 6 heteroatoms. The number of hydrogen-bond donors (Lipinski definition) is 2. The highest BCUT2D eigenvalue weighted by atomic mass is 16.7. The number of rotatable bonds is 5. The van der Waals surface area contributed by atoms with Gasteiger partial charge in [0.25, 0.3) is 6.47 Å². The maximum atomic E-state index is 11.3. The van der Waals surface area contributed by atoms with E-state index in [2.05, 4.69) is 13.0 Å². The molecule has 0 aromatic heterocycles. The first kappa shape index (κ1) is 17.2. The fourth-order valence-electron chi connectivity index (χ4n) is 6.94. The van der Waals surface area contributed by atoms with Crippen molar-refractivity contribution < 1.29 is 29.2 Å². The van der Waals surface area contributed by atoms with Gasteiger partial charge in [0.05, 0.1) is 18.3 Å². The van der Waals surface area contributed by atoms with Gasteiger partial charge in [-0.3, -0.25) is 4.79 Å². The Morgan fingerprint density at radius 1 is 1.38 bits per heavy atom. The standard InChI is InChI=1S/C20H28O6/c1-11(8-21)13-6-16-20(26-16)18(2)5-3-4-12(9-24-10-22)14(18)7-15-19(20,25-15)17(13)23/h4,10-11,13-17,21,23H,3,5-9H2,1-2H3/t11?,13?,14?,15-,16-,17+,18-,19+,20+/m0/s1. The van der Waals surface area contributed by atoms with E-state index in [0.717, 1.165) is 25.7 Å². The molecule has 4 fully saturated rings. The zero-order chi connectivity index (χ0) is 18.3. The number of carbonyl (C=O) groups is 1. The number of carbonyl (C=O) groups excluding carboxylic acids is 1. The van der Waals surface area contributed by atoms with Gasteiger partial charge in [-0.15, -0.1) is 0 Å². The molecular weight excluding hydrogens is 336 g/mol. The van der Waals surface area contributed by atoms with E-state index in [-0.39, 0.29) is 42.0 Å². The van der Waals surface area contributed by atoms with Crippen LogP contribution in [-0.4, -0.2) is 59.4 Å². The topological polar surface area (TPSA) is 91.8 Å². The lowest BCUT2D eigenvalue weighted by Gasteiger charge is -2.54. The molecule has 5 aliphatic rings. The SMILES string of the molecule is CC(CO)C1C[C@@H]2O[C@]23[C@]2(O[C@H]2CC2C(COC=O)=CCC[C@@]23C)[C@@H]1O. The number of ether oxygens (including phenoxy) is 3. The van der Waals surface area contributed by atoms with E-state index in [4.69, 9.17) is 14.2 Å². The summed E-state index contributed by atoms with van der Waals surface area (Å²) in [6.07, 6.45) is 5.17. The molecule has 0 amide bonds. The second-order valence-electron chi connectivity index (χ2n) is 9.18. The molecular formula is C20H28O6. The summed E-state index contributed by atoms with van der Waals surface area (Å²) in [5.74, 6) is 0.281. The Morgan fingerprint density at radius 3 is 2.92 bits per heavy atom. The highest BCUT2D eigenvalue weighted by Crippen LogP contribution is 2.78. The molecule has 144 valence electrons. The first-order valence-electron chi connectivity index (χ1n) is 9.85. The average Bonchev–Trinajstić information content (AvgIpc) is 3.53. The number of fused-ring (bicyclic) bond motifs is 1. The van der Waals surface area contributed by atoms with Crippen LogP contribution in [0.25, 0.3) is 0 Å². The van der Waals surface area contributed by atoms with Crippen molar-refractivity contribution in [2.45, 2.75) is 69.0 Å². The second-order valence-corrected chi connectivity index (χ2v) is 9.18. The van der Waals surface area contributed by atoms with Crippen LogP contribution in [-0.2, 0) is 19.0 Å². The van der Waals surface area contributed by atoms with E-state index in [1.807, 2.05) is 6.92 Å². The van der Waals surface area contributed by atoms with Crippen LogP contribution in [0.1, 0.15) is 39.5 Å². The predicted octanol–water partition coefficient (Wildman–Crippen LogP) is 1.19. The van der Waals surface area contributed by atoms with Crippen LogP contribution in [0.3, 0.4) is 0 Å². The summed E-state index contributed by atoms with van der Waals surface area (Å²) in [5.41, 5.74) is -0.0308. The molecule has 0 bridgehead atoms. The fourth-order valence-corrected chi connectivity index (χ4v) is 6.94. The number of hydrogen-bond acceptors (Lipinski definition) is 6. The minimum absolute atomic E-state index is 0.00257. The van der Waals surface area contributed by atoms with E-state index >= 15 is 0 Å². The molecule has 2 aliphatic heterocycles. The number of aliphatic hydroxyl groups is 2. The highest BCUT2D eigenvalue weighted by molar-refractivity contribution is 5.43. The van der Waals surface area contributed by atoms with Crippen molar-refractivity contribution in [3.63, 3.8) is 0 Å². The van der Waals surface area contributed by atoms with Crippen LogP contribution in [0.4, 0.5) is 0 Å². The highest BCUT2D eigenvalue weighted by Gasteiger charge is 2.92. The first-order chi connectivity index (χ1) is 12.5. The summed E-state index contributed by atoms with van der Waals surface area (Å²) in [7, 11) is 0. The van der Waals surface area contributed by atoms with Crippen LogP contribution in [0.2, 0.25) is 0 Å². The van der Waals surface area contributed by atoms with Crippen LogP contribution in [0, 0.1) is 23.2 Å². The summed E-state index contributed by atoms with van der Waals surface area (Å²) in [4.78, 5) is 10.7. The Balaban J connectivity index is 1.51. The Hall–Kier alpha value is -0.950. The third-order valence-corrected chi connectivity index (χ3v) is 8.32. The van der Waals surface area contributed by atoms with Gasteiger partial charge < -0.3 is 24.4 Å². The maximum Gasteiger partial charge on any atom is 0.293 e. The minimum atomic E-state index is -0.622. The van der Waals surface area contributed by atoms with Gasteiger partial charge >= 0.3 is 0 Å². The Labute approximate surface area is 153 Å². The monoisotopic (exact) mass is 364 g/mol. The van der Waals surface area contributed by atoms with Gasteiger partial charge in [-0.2, -0.15) is 0 Å². The number of allylic oxidation sites excluding steroid dienone is 1. The third kappa shape index (κ3) is 1.75. The average molecular weight is 364 g/mol. The lowest BCUT2D eigenvalue weighted by Crippen LogP contribution is -2.66. The molecule has 9 atom stereocenters. The molecule has 2 saturated heterocycles. The van der Waals surface area contributed by atoms with Crippen LogP contribution in [0.5, 0.6) is 0 Å². The van der Waals surface area contributed by atoms with Crippen molar-refractivity contribution in [3.05, 3.63) is 11.6 Å². The van der Waals surface area contributed by atoms with Gasteiger partial charge in [-0.25, -0.2) is 0 Å². The Morgan fingerprint density at radius 2 is 2.19 bits per heavy atom. The van der Waals surface area contributed by atoms with Gasteiger partial charge in [-0.1, -0.05) is 19.9 Å². The maximum absolute atomic E-state index is 11.3. The molecule has 0 aromatic rings. The number of epoxide rings is 2. The molecule has 26 heavy (non-hydrogen) atoms. The van der Waals surface area contributed by atoms with Crippen molar-refractivity contribution in [1.29, 1.82) is 0 Å². The lowest BCUT2D eigenvalue weighted by atomic mass is 9.47. The molecule has 6 nitrogen and oxygen atoms in total. The van der Waals surface area contributed by atoms with Crippen molar-refractivity contribution in [2.24, 2.45) is 23.2 Å². The van der Waals surface area contributed by atoms with Gasteiger partial charge in [0, 0.05) is 12.0 Å². The van der Waals surface area contributed by atoms with Crippen LogP contribution < -0.4 is 0 Å². The smallest absolute Gasteiger partial charge is 0.293 e. The van der Waals surface area contributed by atoms with E-state index in [9.17, 15) is 15.0 Å². The Kier molecular flexibility index (Phi) is 3.51. The minimum Gasteiger partial charge on any atom is -0.463 e. The van der Waals surface area contributed by atoms with Gasteiger partial charge in [0.15, 0.2) is 5.60 Å². The largest absolute Gasteiger partial charge is 0.463 e. The molecule has 0 radical (unpaired) electrons. The molecule has 2 spiro atoms. The summed E-state index contributed by atoms with van der Waals surface area (Å²) < 4.78 is 17.8. The van der Waals surface area contributed by atoms with E-state index in [0.29, 0.717) is 13.1 Å². The molecule has 3 aliphatic carbocycles. The van der Waals surface area contributed by atoms with E-state index in [1.54, 1.807) is 0 Å². The normalized spacial score (nSPS) is 54.6. The Bertz CT molecular complexity index is 663. The molecule has 2 heterocycles. The number of aliphatic hydroxyl groups excluding tert-OH is 2. The summed E-state index contributed by atoms with van der Waals surface area (Å²) in [5, 5.41) is 20.9. The predicted molar refractivity (Wildman–Crippen MR) is 91.1 cm³/mol. The van der Waals surface area contributed by atoms with Crippen molar-refractivity contribution in [2.75, 3.05) is 13.2 Å². The fraction of sp³-hybridized carbons (Fsp3) is 0.850. The van der Waals surface area contributed by atoms with E-state index in [1.165, 1.54) is 5.57 Å². The second kappa shape index (κ2) is 5.31. The van der Waals surface area contributed by atoms with Crippen molar-refractivity contribution in [1.82, 2.24) is 0 Å². The zero-order valence-electron chi connectivity index (χ0n) is 15.4. The molecule has 5 rings (SSSR count). The first-order valence-corrected chi connectivity index (χ1v) is 9.85. The molecule has 3 unspecified atom stereocenters. The van der Waals surface area contributed by atoms with E-state index < -0.39 is 17.3 Å². The van der Waals surface area contributed by atoms with Gasteiger partial charge in [0.2, 0.25) is 0 Å². The summed E-state index contributed by atoms with van der Waals surface area (Å²) in [6.45, 7) is 5.17.